The zero-order valence-corrected chi connectivity index (χ0v) is 13.0. The minimum absolute atomic E-state index is 0.383. The molecule has 0 aliphatic carbocycles. The van der Waals surface area contributed by atoms with Crippen LogP contribution in [0.15, 0.2) is 18.3 Å². The Kier molecular flexibility index (Phi) is 5.11. The molecule has 1 unspecified atom stereocenters. The summed E-state index contributed by atoms with van der Waals surface area (Å²) in [4.78, 5) is 16.1. The highest BCUT2D eigenvalue weighted by Crippen LogP contribution is 2.20. The fourth-order valence-electron chi connectivity index (χ4n) is 1.67. The lowest BCUT2D eigenvalue weighted by atomic mass is 9.86. The first kappa shape index (κ1) is 16.4. The third-order valence-corrected chi connectivity index (χ3v) is 3.00. The summed E-state index contributed by atoms with van der Waals surface area (Å²) in [5.41, 5.74) is 6.89. The average molecular weight is 279 g/mol. The standard InChI is InChI=1S/C15H25N3O2/c1-11-6-7-12(17-8-11)15(5,9-16)10-18-13(19)20-14(2,3)4/h6-8H,9-10,16H2,1-5H3,(H,18,19). The molecule has 20 heavy (non-hydrogen) atoms. The maximum atomic E-state index is 11.7. The van der Waals surface area contributed by atoms with Gasteiger partial charge in [-0.25, -0.2) is 4.79 Å². The maximum Gasteiger partial charge on any atom is 0.407 e. The molecular weight excluding hydrogens is 254 g/mol. The number of nitrogens with one attached hydrogen (secondary N) is 1. The summed E-state index contributed by atoms with van der Waals surface area (Å²) in [5, 5.41) is 2.76. The van der Waals surface area contributed by atoms with E-state index in [1.54, 1.807) is 6.20 Å². The number of rotatable bonds is 4. The predicted molar refractivity (Wildman–Crippen MR) is 79.6 cm³/mol. The number of aromatic nitrogens is 1. The Hall–Kier alpha value is -1.62. The van der Waals surface area contributed by atoms with Crippen LogP contribution in [0.1, 0.15) is 39.0 Å². The van der Waals surface area contributed by atoms with Gasteiger partial charge < -0.3 is 15.8 Å². The van der Waals surface area contributed by atoms with E-state index in [2.05, 4.69) is 10.3 Å². The Labute approximate surface area is 120 Å². The monoisotopic (exact) mass is 279 g/mol. The van der Waals surface area contributed by atoms with E-state index in [4.69, 9.17) is 10.5 Å². The van der Waals surface area contributed by atoms with Crippen molar-refractivity contribution in [1.29, 1.82) is 0 Å². The summed E-state index contributed by atoms with van der Waals surface area (Å²) in [5.74, 6) is 0. The van der Waals surface area contributed by atoms with Gasteiger partial charge in [0.1, 0.15) is 5.60 Å². The number of alkyl carbamates (subject to hydrolysis) is 1. The van der Waals surface area contributed by atoms with Crippen LogP contribution in [0.3, 0.4) is 0 Å². The van der Waals surface area contributed by atoms with Gasteiger partial charge in [0, 0.05) is 30.4 Å². The zero-order valence-electron chi connectivity index (χ0n) is 13.0. The van der Waals surface area contributed by atoms with Gasteiger partial charge in [0.2, 0.25) is 0 Å². The Morgan fingerprint density at radius 1 is 1.35 bits per heavy atom. The van der Waals surface area contributed by atoms with Crippen molar-refractivity contribution in [3.05, 3.63) is 29.6 Å². The molecule has 0 aromatic carbocycles. The normalized spacial score (nSPS) is 14.5. The van der Waals surface area contributed by atoms with Crippen LogP contribution in [-0.2, 0) is 10.2 Å². The van der Waals surface area contributed by atoms with Gasteiger partial charge in [-0.2, -0.15) is 0 Å². The van der Waals surface area contributed by atoms with Crippen molar-refractivity contribution in [3.8, 4) is 0 Å². The lowest BCUT2D eigenvalue weighted by molar-refractivity contribution is 0.0516. The second-order valence-electron chi connectivity index (χ2n) is 6.34. The molecule has 0 fully saturated rings. The number of aryl methyl sites for hydroxylation is 1. The van der Waals surface area contributed by atoms with E-state index in [0.29, 0.717) is 13.1 Å². The zero-order chi connectivity index (χ0) is 15.4. The average Bonchev–Trinajstić information content (AvgIpc) is 2.35. The Balaban J connectivity index is 2.71. The van der Waals surface area contributed by atoms with E-state index < -0.39 is 17.1 Å². The summed E-state index contributed by atoms with van der Waals surface area (Å²) in [6.45, 7) is 10.2. The van der Waals surface area contributed by atoms with Gasteiger partial charge >= 0.3 is 6.09 Å². The summed E-state index contributed by atoms with van der Waals surface area (Å²) < 4.78 is 5.22. The van der Waals surface area contributed by atoms with Crippen molar-refractivity contribution in [2.45, 2.75) is 45.6 Å². The van der Waals surface area contributed by atoms with Crippen molar-refractivity contribution in [1.82, 2.24) is 10.3 Å². The highest BCUT2D eigenvalue weighted by Gasteiger charge is 2.28. The summed E-state index contributed by atoms with van der Waals surface area (Å²) in [7, 11) is 0. The Morgan fingerprint density at radius 2 is 2.00 bits per heavy atom. The quantitative estimate of drug-likeness (QED) is 0.885. The lowest BCUT2D eigenvalue weighted by Crippen LogP contribution is -2.45. The van der Waals surface area contributed by atoms with E-state index in [9.17, 15) is 4.79 Å². The predicted octanol–water partition coefficient (Wildman–Crippen LogP) is 2.13. The number of carbonyl (C=O) groups excluding carboxylic acids is 1. The molecule has 5 nitrogen and oxygen atoms in total. The van der Waals surface area contributed by atoms with E-state index in [-0.39, 0.29) is 0 Å². The Bertz CT molecular complexity index is 451. The van der Waals surface area contributed by atoms with E-state index in [1.165, 1.54) is 0 Å². The summed E-state index contributed by atoms with van der Waals surface area (Å²) >= 11 is 0. The summed E-state index contributed by atoms with van der Waals surface area (Å²) in [6, 6.07) is 3.93. The third kappa shape index (κ3) is 4.81. The minimum Gasteiger partial charge on any atom is -0.444 e. The fraction of sp³-hybridized carbons (Fsp3) is 0.600. The molecule has 0 saturated carbocycles. The third-order valence-electron chi connectivity index (χ3n) is 3.00. The van der Waals surface area contributed by atoms with E-state index in [0.717, 1.165) is 11.3 Å². The van der Waals surface area contributed by atoms with Gasteiger partial charge in [0.15, 0.2) is 0 Å². The molecule has 0 aliphatic heterocycles. The molecule has 0 spiro atoms. The molecule has 1 aromatic heterocycles. The van der Waals surface area contributed by atoms with Crippen LogP contribution in [0.25, 0.3) is 0 Å². The van der Waals surface area contributed by atoms with Crippen LogP contribution in [0, 0.1) is 6.92 Å². The van der Waals surface area contributed by atoms with Crippen molar-refractivity contribution in [2.24, 2.45) is 5.73 Å². The second-order valence-corrected chi connectivity index (χ2v) is 6.34. The number of nitrogens with zero attached hydrogens (tertiary/aromatic N) is 1. The molecular formula is C15H25N3O2. The molecule has 112 valence electrons. The fourth-order valence-corrected chi connectivity index (χ4v) is 1.67. The number of ether oxygens (including phenoxy) is 1. The topological polar surface area (TPSA) is 77.2 Å². The first-order chi connectivity index (χ1) is 9.16. The van der Waals surface area contributed by atoms with Gasteiger partial charge in [-0.15, -0.1) is 0 Å². The summed E-state index contributed by atoms with van der Waals surface area (Å²) in [6.07, 6.45) is 1.36. The SMILES string of the molecule is Cc1ccc(C(C)(CN)CNC(=O)OC(C)(C)C)nc1. The van der Waals surface area contributed by atoms with Crippen LogP contribution in [-0.4, -0.2) is 29.8 Å². The molecule has 1 rings (SSSR count). The number of pyridine rings is 1. The number of nitrogens with two attached hydrogens (primary N) is 1. The Morgan fingerprint density at radius 3 is 2.45 bits per heavy atom. The number of hydrogen-bond acceptors (Lipinski definition) is 4. The lowest BCUT2D eigenvalue weighted by Gasteiger charge is -2.28. The van der Waals surface area contributed by atoms with Crippen molar-refractivity contribution >= 4 is 6.09 Å². The van der Waals surface area contributed by atoms with Gasteiger partial charge in [-0.3, -0.25) is 4.98 Å². The maximum absolute atomic E-state index is 11.7. The molecule has 1 amide bonds. The first-order valence-electron chi connectivity index (χ1n) is 6.76. The highest BCUT2D eigenvalue weighted by molar-refractivity contribution is 5.67. The number of carbonyl (C=O) groups is 1. The first-order valence-corrected chi connectivity index (χ1v) is 6.76. The molecule has 5 heteroatoms. The van der Waals surface area contributed by atoms with Gasteiger partial charge in [0.05, 0.1) is 0 Å². The molecule has 0 aliphatic rings. The van der Waals surface area contributed by atoms with Crippen LogP contribution in [0.5, 0.6) is 0 Å². The van der Waals surface area contributed by atoms with Crippen LogP contribution in [0.4, 0.5) is 4.79 Å². The van der Waals surface area contributed by atoms with Crippen molar-refractivity contribution in [2.75, 3.05) is 13.1 Å². The van der Waals surface area contributed by atoms with Crippen LogP contribution < -0.4 is 11.1 Å². The van der Waals surface area contributed by atoms with Crippen molar-refractivity contribution < 1.29 is 9.53 Å². The highest BCUT2D eigenvalue weighted by atomic mass is 16.6. The van der Waals surface area contributed by atoms with E-state index >= 15 is 0 Å². The van der Waals surface area contributed by atoms with Gasteiger partial charge in [-0.05, 0) is 39.3 Å². The second kappa shape index (κ2) is 6.22. The largest absolute Gasteiger partial charge is 0.444 e. The van der Waals surface area contributed by atoms with Gasteiger partial charge in [0.25, 0.3) is 0 Å². The molecule has 1 aromatic rings. The molecule has 0 bridgehead atoms. The smallest absolute Gasteiger partial charge is 0.407 e. The molecule has 1 heterocycles. The van der Waals surface area contributed by atoms with Crippen molar-refractivity contribution in [3.63, 3.8) is 0 Å². The van der Waals surface area contributed by atoms with Gasteiger partial charge in [-0.1, -0.05) is 13.0 Å². The molecule has 0 radical (unpaired) electrons. The minimum atomic E-state index is -0.509. The number of amides is 1. The van der Waals surface area contributed by atoms with E-state index in [1.807, 2.05) is 46.8 Å². The number of hydrogen-bond donors (Lipinski definition) is 2. The van der Waals surface area contributed by atoms with Crippen LogP contribution in [0.2, 0.25) is 0 Å². The van der Waals surface area contributed by atoms with Crippen LogP contribution >= 0.6 is 0 Å². The molecule has 1 atom stereocenters. The molecule has 0 saturated heterocycles. The molecule has 3 N–H and O–H groups in total.